The van der Waals surface area contributed by atoms with Gasteiger partial charge in [-0.05, 0) is 6.92 Å². The zero-order chi connectivity index (χ0) is 5.11. The molecule has 1 aromatic carbocycles. The van der Waals surface area contributed by atoms with Crippen LogP contribution in [0.2, 0.25) is 0 Å². The molecule has 45 valence electrons. The predicted molar refractivity (Wildman–Crippen MR) is 35.2 cm³/mol. The van der Waals surface area contributed by atoms with Crippen molar-refractivity contribution in [1.29, 1.82) is 0 Å². The van der Waals surface area contributed by atoms with Crippen LogP contribution in [0.5, 0.6) is 0 Å². The van der Waals surface area contributed by atoms with Crippen molar-refractivity contribution in [3.8, 4) is 0 Å². The van der Waals surface area contributed by atoms with E-state index in [1.54, 1.807) is 0 Å². The van der Waals surface area contributed by atoms with E-state index < -0.39 is 0 Å². The van der Waals surface area contributed by atoms with Gasteiger partial charge in [-0.3, -0.25) is 5.48 Å². The Morgan fingerprint density at radius 1 is 1.12 bits per heavy atom. The van der Waals surface area contributed by atoms with Gasteiger partial charge >= 0.3 is 0 Å². The van der Waals surface area contributed by atoms with Gasteiger partial charge in [0.25, 0.3) is 0 Å². The first-order chi connectivity index (χ1) is 3.39. The average Bonchev–Trinajstić information content (AvgIpc) is 1.69. The summed E-state index contributed by atoms with van der Waals surface area (Å²) >= 11 is 0. The summed E-state index contributed by atoms with van der Waals surface area (Å²) in [6.45, 7) is 2.08. The number of benzene rings is 1. The fourth-order valence-electron chi connectivity index (χ4n) is 0.534. The van der Waals surface area contributed by atoms with Crippen LogP contribution in [0.3, 0.4) is 0 Å². The Balaban J connectivity index is 0. The molecule has 8 heavy (non-hydrogen) atoms. The van der Waals surface area contributed by atoms with Gasteiger partial charge in [0.2, 0.25) is 0 Å². The molecule has 0 fully saturated rings. The first-order valence-electron chi connectivity index (χ1n) is 2.41. The minimum Gasteiger partial charge on any atom is -0.255 e. The first kappa shape index (κ1) is 7.18. The maximum Gasteiger partial charge on any atom is 0 e. The zero-order valence-corrected chi connectivity index (χ0v) is 4.83. The number of aryl methyl sites for hydroxylation is 1. The van der Waals surface area contributed by atoms with Gasteiger partial charge in [0.1, 0.15) is 0 Å². The summed E-state index contributed by atoms with van der Waals surface area (Å²) in [4.78, 5) is 0. The lowest BCUT2D eigenvalue weighted by Crippen LogP contribution is -1.62. The maximum atomic E-state index is 2.08. The van der Waals surface area contributed by atoms with Gasteiger partial charge in [0.15, 0.2) is 0 Å². The predicted octanol–water partition coefficient (Wildman–Crippen LogP) is 2.06. The molecule has 0 unspecified atom stereocenters. The van der Waals surface area contributed by atoms with E-state index in [4.69, 9.17) is 0 Å². The molecule has 0 bridgehead atoms. The molecule has 0 saturated heterocycles. The van der Waals surface area contributed by atoms with Crippen LogP contribution < -0.4 is 0 Å². The van der Waals surface area contributed by atoms with Crippen LogP contribution in [0.15, 0.2) is 30.3 Å². The van der Waals surface area contributed by atoms with E-state index in [0.717, 1.165) is 0 Å². The smallest absolute Gasteiger partial charge is 0 e. The van der Waals surface area contributed by atoms with Crippen LogP contribution in [-0.4, -0.2) is 5.48 Å². The average molecular weight is 111 g/mol. The van der Waals surface area contributed by atoms with Crippen molar-refractivity contribution in [1.82, 2.24) is 0 Å². The lowest BCUT2D eigenvalue weighted by atomic mass is 10.2. The van der Waals surface area contributed by atoms with Gasteiger partial charge in [0, 0.05) is 1.43 Å². The third kappa shape index (κ3) is 1.76. The Morgan fingerprint density at radius 2 is 1.62 bits per heavy atom. The molecule has 1 radical (unpaired) electrons. The van der Waals surface area contributed by atoms with E-state index >= 15 is 0 Å². The van der Waals surface area contributed by atoms with Crippen molar-refractivity contribution in [2.75, 3.05) is 0 Å². The highest BCUT2D eigenvalue weighted by Crippen LogP contribution is 1.92. The fourth-order valence-corrected chi connectivity index (χ4v) is 0.534. The van der Waals surface area contributed by atoms with E-state index in [1.165, 1.54) is 5.56 Å². The SMILES string of the molecule is Cc1ccccc1.[HH].[OH]. The summed E-state index contributed by atoms with van der Waals surface area (Å²) in [6.07, 6.45) is 0. The lowest BCUT2D eigenvalue weighted by Gasteiger charge is -1.82. The zero-order valence-electron chi connectivity index (χ0n) is 4.83. The van der Waals surface area contributed by atoms with Crippen LogP contribution in [0, 0.1) is 6.92 Å². The van der Waals surface area contributed by atoms with Crippen molar-refractivity contribution >= 4 is 0 Å². The Hall–Kier alpha value is -0.820. The van der Waals surface area contributed by atoms with E-state index in [1.807, 2.05) is 18.2 Å². The minimum absolute atomic E-state index is 0. The second-order valence-electron chi connectivity index (χ2n) is 1.65. The molecule has 1 N–H and O–H groups in total. The number of hydrogen-bond donors (Lipinski definition) is 1. The van der Waals surface area contributed by atoms with Gasteiger partial charge in [-0.2, -0.15) is 0 Å². The lowest BCUT2D eigenvalue weighted by molar-refractivity contribution is 0.824. The normalized spacial score (nSPS) is 7.62. The summed E-state index contributed by atoms with van der Waals surface area (Å²) < 4.78 is 0. The van der Waals surface area contributed by atoms with E-state index in [-0.39, 0.29) is 6.90 Å². The molecule has 1 heteroatoms. The fraction of sp³-hybridized carbons (Fsp3) is 0.143. The van der Waals surface area contributed by atoms with Crippen LogP contribution in [-0.2, 0) is 0 Å². The third-order valence-electron chi connectivity index (χ3n) is 0.940. The first-order valence-corrected chi connectivity index (χ1v) is 2.41. The molecule has 0 aliphatic rings. The van der Waals surface area contributed by atoms with E-state index in [9.17, 15) is 0 Å². The van der Waals surface area contributed by atoms with Gasteiger partial charge in [-0.25, -0.2) is 0 Å². The molecule has 0 aliphatic heterocycles. The van der Waals surface area contributed by atoms with Crippen molar-refractivity contribution in [3.63, 3.8) is 0 Å². The molecule has 0 amide bonds. The Labute approximate surface area is 50.8 Å². The highest BCUT2D eigenvalue weighted by Gasteiger charge is 1.72. The largest absolute Gasteiger partial charge is 0.255 e. The number of hydrogen-bond acceptors (Lipinski definition) is 0. The van der Waals surface area contributed by atoms with Crippen LogP contribution >= 0.6 is 0 Å². The highest BCUT2D eigenvalue weighted by atomic mass is 16.0. The summed E-state index contributed by atoms with van der Waals surface area (Å²) in [5.74, 6) is 0. The Morgan fingerprint density at radius 3 is 1.88 bits per heavy atom. The topological polar surface area (TPSA) is 30.0 Å². The molecule has 0 saturated carbocycles. The Kier molecular flexibility index (Phi) is 2.89. The molecule has 0 aliphatic carbocycles. The summed E-state index contributed by atoms with van der Waals surface area (Å²) in [7, 11) is 0. The maximum absolute atomic E-state index is 2.08. The second-order valence-corrected chi connectivity index (χ2v) is 1.65. The summed E-state index contributed by atoms with van der Waals surface area (Å²) in [5.41, 5.74) is 1.32. The van der Waals surface area contributed by atoms with E-state index in [0.29, 0.717) is 0 Å². The van der Waals surface area contributed by atoms with E-state index in [2.05, 4.69) is 19.1 Å². The van der Waals surface area contributed by atoms with Gasteiger partial charge in [0.05, 0.1) is 0 Å². The van der Waals surface area contributed by atoms with Crippen molar-refractivity contribution < 1.29 is 6.90 Å². The minimum atomic E-state index is 0. The van der Waals surface area contributed by atoms with Gasteiger partial charge < -0.3 is 0 Å². The highest BCUT2D eigenvalue weighted by molar-refractivity contribution is 5.11. The molecule has 1 rings (SSSR count). The summed E-state index contributed by atoms with van der Waals surface area (Å²) in [6, 6.07) is 10.3. The van der Waals surface area contributed by atoms with Crippen molar-refractivity contribution in [2.45, 2.75) is 6.92 Å². The molecule has 0 aromatic heterocycles. The van der Waals surface area contributed by atoms with Crippen LogP contribution in [0.1, 0.15) is 6.99 Å². The number of rotatable bonds is 0. The van der Waals surface area contributed by atoms with Gasteiger partial charge in [-0.15, -0.1) is 0 Å². The quantitative estimate of drug-likeness (QED) is 0.531. The second kappa shape index (κ2) is 3.22. The summed E-state index contributed by atoms with van der Waals surface area (Å²) in [5, 5.41) is 0. The molecule has 1 nitrogen and oxygen atoms in total. The third-order valence-corrected chi connectivity index (χ3v) is 0.940. The molecule has 0 atom stereocenters. The molecular formula is C7H11O. The monoisotopic (exact) mass is 111 g/mol. The van der Waals surface area contributed by atoms with Crippen LogP contribution in [0.4, 0.5) is 0 Å². The van der Waals surface area contributed by atoms with Gasteiger partial charge in [-0.1, -0.05) is 35.9 Å². The molecule has 0 spiro atoms. The molecule has 1 aromatic rings. The van der Waals surface area contributed by atoms with Crippen LogP contribution in [0.25, 0.3) is 0 Å². The molecule has 0 heterocycles. The van der Waals surface area contributed by atoms with Crippen molar-refractivity contribution in [2.24, 2.45) is 0 Å². The Bertz CT molecular complexity index is 139. The standard InChI is InChI=1S/C7H8.HO.H2/c1-7-5-3-2-4-6-7;;/h2-6H,1H3;2*1H. The molecular weight excluding hydrogens is 100 g/mol. The van der Waals surface area contributed by atoms with Crippen molar-refractivity contribution in [3.05, 3.63) is 35.9 Å².